The summed E-state index contributed by atoms with van der Waals surface area (Å²) in [5.74, 6) is -0.615. The number of phenolic OH excluding ortho intramolecular Hbond substituents is 2. The van der Waals surface area contributed by atoms with Gasteiger partial charge in [0, 0.05) is 11.8 Å². The van der Waals surface area contributed by atoms with Gasteiger partial charge < -0.3 is 20.6 Å². The fraction of sp³-hybridized carbons (Fsp3) is 0.200. The minimum Gasteiger partial charge on any atom is -0.508 e. The molecule has 4 nitrogen and oxygen atoms in total. The second kappa shape index (κ2) is 5.38. The average molecular weight is 277 g/mol. The smallest absolute Gasteiger partial charge is 0.125 e. The lowest BCUT2D eigenvalue weighted by Gasteiger charge is -2.30. The van der Waals surface area contributed by atoms with Gasteiger partial charge in [0.15, 0.2) is 0 Å². The van der Waals surface area contributed by atoms with E-state index >= 15 is 0 Å². The van der Waals surface area contributed by atoms with Gasteiger partial charge in [-0.2, -0.15) is 0 Å². The molecule has 0 aliphatic rings. The molecule has 0 bridgehead atoms. The lowest BCUT2D eigenvalue weighted by atomic mass is 9.92. The van der Waals surface area contributed by atoms with Crippen LogP contribution in [0.4, 0.5) is 10.1 Å². The Balaban J connectivity index is 2.37. The number of aromatic hydroxyl groups is 2. The third-order valence-electron chi connectivity index (χ3n) is 3.10. The number of nitrogens with one attached hydrogen (secondary N) is 1. The monoisotopic (exact) mass is 277 g/mol. The third-order valence-corrected chi connectivity index (χ3v) is 3.10. The van der Waals surface area contributed by atoms with E-state index in [1.807, 2.05) is 0 Å². The fourth-order valence-electron chi connectivity index (χ4n) is 2.00. The predicted molar refractivity (Wildman–Crippen MR) is 74.2 cm³/mol. The van der Waals surface area contributed by atoms with E-state index in [0.717, 1.165) is 0 Å². The van der Waals surface area contributed by atoms with Crippen molar-refractivity contribution in [2.45, 2.75) is 12.5 Å². The number of hydrogen-bond acceptors (Lipinski definition) is 4. The van der Waals surface area contributed by atoms with Crippen molar-refractivity contribution in [1.82, 2.24) is 0 Å². The molecular formula is C15H16FNO3. The lowest BCUT2D eigenvalue weighted by molar-refractivity contribution is 0.223. The van der Waals surface area contributed by atoms with Gasteiger partial charge in [-0.05, 0) is 42.8 Å². The Morgan fingerprint density at radius 2 is 1.75 bits per heavy atom. The molecule has 20 heavy (non-hydrogen) atoms. The molecule has 0 saturated carbocycles. The fourth-order valence-corrected chi connectivity index (χ4v) is 2.00. The maximum atomic E-state index is 13.2. The number of halogens is 1. The number of benzene rings is 2. The van der Waals surface area contributed by atoms with Crippen molar-refractivity contribution in [2.24, 2.45) is 0 Å². The first kappa shape index (κ1) is 14.1. The van der Waals surface area contributed by atoms with E-state index in [4.69, 9.17) is 0 Å². The zero-order valence-electron chi connectivity index (χ0n) is 11.0. The Hall–Kier alpha value is -2.27. The molecule has 1 unspecified atom stereocenters. The number of anilines is 1. The highest BCUT2D eigenvalue weighted by Gasteiger charge is 2.27. The summed E-state index contributed by atoms with van der Waals surface area (Å²) < 4.78 is 13.2. The Morgan fingerprint density at radius 1 is 1.10 bits per heavy atom. The van der Waals surface area contributed by atoms with E-state index < -0.39 is 11.4 Å². The molecule has 0 heterocycles. The van der Waals surface area contributed by atoms with Gasteiger partial charge in [0.05, 0.1) is 12.1 Å². The summed E-state index contributed by atoms with van der Waals surface area (Å²) in [6.07, 6.45) is 0. The lowest BCUT2D eigenvalue weighted by Crippen LogP contribution is -2.35. The summed E-state index contributed by atoms with van der Waals surface area (Å²) in [7, 11) is 0. The van der Waals surface area contributed by atoms with Crippen LogP contribution >= 0.6 is 0 Å². The Kier molecular flexibility index (Phi) is 3.81. The molecule has 5 heteroatoms. The van der Waals surface area contributed by atoms with Crippen molar-refractivity contribution >= 4 is 5.69 Å². The van der Waals surface area contributed by atoms with E-state index in [2.05, 4.69) is 5.32 Å². The Labute approximate surface area is 116 Å². The van der Waals surface area contributed by atoms with Crippen LogP contribution in [0.25, 0.3) is 0 Å². The first-order chi connectivity index (χ1) is 9.43. The van der Waals surface area contributed by atoms with E-state index in [0.29, 0.717) is 11.3 Å². The topological polar surface area (TPSA) is 72.7 Å². The van der Waals surface area contributed by atoms with Crippen LogP contribution in [-0.2, 0) is 5.54 Å². The minimum absolute atomic E-state index is 0.110. The molecule has 0 fully saturated rings. The predicted octanol–water partition coefficient (Wildman–Crippen LogP) is 2.56. The first-order valence-electron chi connectivity index (χ1n) is 6.11. The number of aliphatic hydroxyl groups is 1. The SMILES string of the molecule is CC(CO)(Nc1cccc(F)c1)c1cc(O)cc(O)c1. The Bertz CT molecular complexity index is 598. The van der Waals surface area contributed by atoms with Gasteiger partial charge in [-0.3, -0.25) is 0 Å². The van der Waals surface area contributed by atoms with E-state index in [1.165, 1.54) is 30.3 Å². The number of aliphatic hydroxyl groups excluding tert-OH is 1. The zero-order chi connectivity index (χ0) is 14.8. The summed E-state index contributed by atoms with van der Waals surface area (Å²) in [5.41, 5.74) is 0.00967. The molecule has 106 valence electrons. The van der Waals surface area contributed by atoms with Crippen molar-refractivity contribution < 1.29 is 19.7 Å². The molecule has 0 amide bonds. The van der Waals surface area contributed by atoms with Gasteiger partial charge in [-0.15, -0.1) is 0 Å². The van der Waals surface area contributed by atoms with Crippen LogP contribution in [0.1, 0.15) is 12.5 Å². The molecule has 0 aliphatic heterocycles. The van der Waals surface area contributed by atoms with Crippen molar-refractivity contribution in [2.75, 3.05) is 11.9 Å². The summed E-state index contributed by atoms with van der Waals surface area (Å²) in [4.78, 5) is 0. The molecule has 0 aromatic heterocycles. The van der Waals surface area contributed by atoms with E-state index in [9.17, 15) is 19.7 Å². The van der Waals surface area contributed by atoms with Crippen molar-refractivity contribution in [3.63, 3.8) is 0 Å². The van der Waals surface area contributed by atoms with Gasteiger partial charge >= 0.3 is 0 Å². The third kappa shape index (κ3) is 3.00. The van der Waals surface area contributed by atoms with Crippen LogP contribution in [-0.4, -0.2) is 21.9 Å². The summed E-state index contributed by atoms with van der Waals surface area (Å²) >= 11 is 0. The normalized spacial score (nSPS) is 13.8. The summed E-state index contributed by atoms with van der Waals surface area (Å²) in [6, 6.07) is 9.90. The molecule has 2 aromatic carbocycles. The van der Waals surface area contributed by atoms with Crippen LogP contribution in [0.2, 0.25) is 0 Å². The molecule has 0 aliphatic carbocycles. The highest BCUT2D eigenvalue weighted by Crippen LogP contribution is 2.31. The maximum Gasteiger partial charge on any atom is 0.125 e. The number of phenols is 2. The second-order valence-corrected chi connectivity index (χ2v) is 4.86. The first-order valence-corrected chi connectivity index (χ1v) is 6.11. The van der Waals surface area contributed by atoms with Gasteiger partial charge in [0.1, 0.15) is 17.3 Å². The van der Waals surface area contributed by atoms with Gasteiger partial charge in [0.25, 0.3) is 0 Å². The van der Waals surface area contributed by atoms with Crippen LogP contribution in [0, 0.1) is 5.82 Å². The van der Waals surface area contributed by atoms with Gasteiger partial charge in [-0.25, -0.2) is 4.39 Å². The average Bonchev–Trinajstić information content (AvgIpc) is 2.37. The number of hydrogen-bond donors (Lipinski definition) is 4. The quantitative estimate of drug-likeness (QED) is 0.693. The number of rotatable bonds is 4. The molecule has 0 radical (unpaired) electrons. The van der Waals surface area contributed by atoms with Gasteiger partial charge in [-0.1, -0.05) is 6.07 Å². The molecule has 0 saturated heterocycles. The van der Waals surface area contributed by atoms with Crippen molar-refractivity contribution in [3.8, 4) is 11.5 Å². The summed E-state index contributed by atoms with van der Waals surface area (Å²) in [5, 5.41) is 31.7. The second-order valence-electron chi connectivity index (χ2n) is 4.86. The molecule has 1 atom stereocenters. The van der Waals surface area contributed by atoms with Crippen LogP contribution in [0.15, 0.2) is 42.5 Å². The minimum atomic E-state index is -0.968. The largest absolute Gasteiger partial charge is 0.508 e. The molecule has 2 aromatic rings. The van der Waals surface area contributed by atoms with Crippen molar-refractivity contribution in [3.05, 3.63) is 53.8 Å². The van der Waals surface area contributed by atoms with E-state index in [-0.39, 0.29) is 18.1 Å². The van der Waals surface area contributed by atoms with Crippen LogP contribution < -0.4 is 5.32 Å². The van der Waals surface area contributed by atoms with Gasteiger partial charge in [0.2, 0.25) is 0 Å². The van der Waals surface area contributed by atoms with Crippen LogP contribution in [0.3, 0.4) is 0 Å². The highest BCUT2D eigenvalue weighted by atomic mass is 19.1. The zero-order valence-corrected chi connectivity index (χ0v) is 11.0. The molecular weight excluding hydrogens is 261 g/mol. The van der Waals surface area contributed by atoms with E-state index in [1.54, 1.807) is 19.1 Å². The molecule has 2 rings (SSSR count). The molecule has 4 N–H and O–H groups in total. The molecule has 0 spiro atoms. The van der Waals surface area contributed by atoms with Crippen LogP contribution in [0.5, 0.6) is 11.5 Å². The maximum absolute atomic E-state index is 13.2. The Morgan fingerprint density at radius 3 is 2.30 bits per heavy atom. The standard InChI is InChI=1S/C15H16FNO3/c1-15(9-18,10-5-13(19)8-14(20)6-10)17-12-4-2-3-11(16)7-12/h2-8,17-20H,9H2,1H3. The summed E-state index contributed by atoms with van der Waals surface area (Å²) in [6.45, 7) is 1.39. The highest BCUT2D eigenvalue weighted by molar-refractivity contribution is 5.50. The van der Waals surface area contributed by atoms with Crippen molar-refractivity contribution in [1.29, 1.82) is 0 Å².